The molecule has 1 N–H and O–H groups in total. The van der Waals surface area contributed by atoms with Gasteiger partial charge in [-0.3, -0.25) is 4.79 Å². The second-order valence-electron chi connectivity index (χ2n) is 6.73. The minimum absolute atomic E-state index is 0.0474. The molecular weight excluding hydrogens is 394 g/mol. The van der Waals surface area contributed by atoms with Gasteiger partial charge in [0.15, 0.2) is 0 Å². The van der Waals surface area contributed by atoms with Gasteiger partial charge in [0.1, 0.15) is 15.9 Å². The molecule has 4 heterocycles. The molecule has 0 spiro atoms. The second-order valence-corrected chi connectivity index (χ2v) is 8.45. The van der Waals surface area contributed by atoms with Crippen molar-refractivity contribution in [3.05, 3.63) is 57.7 Å². The molecule has 0 atom stereocenters. The third kappa shape index (κ3) is 3.77. The van der Waals surface area contributed by atoms with Crippen LogP contribution < -0.4 is 5.69 Å². The summed E-state index contributed by atoms with van der Waals surface area (Å²) in [5, 5.41) is 10.4. The quantitative estimate of drug-likeness (QED) is 0.648. The normalized spacial score (nSPS) is 15.1. The van der Waals surface area contributed by atoms with E-state index < -0.39 is 0 Å². The predicted molar refractivity (Wildman–Crippen MR) is 110 cm³/mol. The van der Waals surface area contributed by atoms with Gasteiger partial charge in [-0.25, -0.2) is 19.4 Å². The maximum Gasteiger partial charge on any atom is 0.348 e. The average molecular weight is 416 g/mol. The van der Waals surface area contributed by atoms with Crippen molar-refractivity contribution in [2.45, 2.75) is 24.3 Å². The highest BCUT2D eigenvalue weighted by molar-refractivity contribution is 7.98. The number of aromatic nitrogens is 4. The molecule has 4 rings (SSSR count). The molecule has 1 fully saturated rings. The van der Waals surface area contributed by atoms with E-state index >= 15 is 0 Å². The van der Waals surface area contributed by atoms with E-state index in [1.807, 2.05) is 34.7 Å². The van der Waals surface area contributed by atoms with Crippen LogP contribution in [0.5, 0.6) is 0 Å². The zero-order chi connectivity index (χ0) is 19.5. The van der Waals surface area contributed by atoms with E-state index in [2.05, 4.69) is 15.2 Å². The number of hydrogen-bond acceptors (Lipinski definition) is 6. The number of piperidine rings is 1. The molecule has 0 bridgehead atoms. The maximum atomic E-state index is 12.9. The molecule has 0 unspecified atom stereocenters. The molecule has 3 aromatic rings. The highest BCUT2D eigenvalue weighted by Gasteiger charge is 2.27. The van der Waals surface area contributed by atoms with Gasteiger partial charge in [0.2, 0.25) is 0 Å². The minimum Gasteiger partial charge on any atom is -0.339 e. The van der Waals surface area contributed by atoms with Crippen molar-refractivity contribution in [2.24, 2.45) is 5.92 Å². The lowest BCUT2D eigenvalue weighted by atomic mass is 9.93. The molecule has 9 heteroatoms. The molecule has 0 radical (unpaired) electrons. The molecule has 1 saturated heterocycles. The lowest BCUT2D eigenvalue weighted by Crippen LogP contribution is -2.39. The fraction of sp³-hybridized carbons (Fsp3) is 0.368. The first kappa shape index (κ1) is 18.9. The lowest BCUT2D eigenvalue weighted by molar-refractivity contribution is 0.0685. The van der Waals surface area contributed by atoms with E-state index in [0.717, 1.165) is 35.1 Å². The number of carbonyl (C=O) groups is 1. The van der Waals surface area contributed by atoms with Crippen molar-refractivity contribution in [1.82, 2.24) is 24.6 Å². The Balaban J connectivity index is 1.42. The third-order valence-electron chi connectivity index (χ3n) is 5.04. The van der Waals surface area contributed by atoms with E-state index in [9.17, 15) is 9.59 Å². The maximum absolute atomic E-state index is 12.9. The lowest BCUT2D eigenvalue weighted by Gasteiger charge is -2.32. The number of nitrogens with one attached hydrogen (secondary N) is 1. The van der Waals surface area contributed by atoms with Crippen LogP contribution in [-0.2, 0) is 6.42 Å². The van der Waals surface area contributed by atoms with Gasteiger partial charge in [-0.2, -0.15) is 5.10 Å². The molecule has 146 valence electrons. The summed E-state index contributed by atoms with van der Waals surface area (Å²) in [6.45, 7) is 1.42. The minimum atomic E-state index is -0.203. The number of amides is 1. The van der Waals surface area contributed by atoms with Crippen LogP contribution in [0.2, 0.25) is 0 Å². The van der Waals surface area contributed by atoms with Gasteiger partial charge >= 0.3 is 5.69 Å². The number of thioether (sulfide) groups is 1. The van der Waals surface area contributed by atoms with Crippen LogP contribution >= 0.6 is 23.1 Å². The van der Waals surface area contributed by atoms with Crippen molar-refractivity contribution in [3.8, 4) is 5.00 Å². The highest BCUT2D eigenvalue weighted by atomic mass is 32.2. The number of carbonyl (C=O) groups excluding carboxylic acids is 1. The van der Waals surface area contributed by atoms with Crippen LogP contribution in [0.4, 0.5) is 0 Å². The third-order valence-corrected chi connectivity index (χ3v) is 6.60. The molecule has 1 aliphatic rings. The van der Waals surface area contributed by atoms with Crippen LogP contribution in [0.1, 0.15) is 29.0 Å². The van der Waals surface area contributed by atoms with E-state index in [1.54, 1.807) is 16.8 Å². The fourth-order valence-corrected chi connectivity index (χ4v) is 4.86. The Morgan fingerprint density at radius 3 is 2.86 bits per heavy atom. The van der Waals surface area contributed by atoms with Crippen LogP contribution in [0, 0.1) is 5.92 Å². The Morgan fingerprint density at radius 1 is 1.32 bits per heavy atom. The Bertz CT molecular complexity index is 1000. The van der Waals surface area contributed by atoms with Gasteiger partial charge in [0.25, 0.3) is 5.91 Å². The number of aromatic amines is 1. The van der Waals surface area contributed by atoms with Crippen LogP contribution in [-0.4, -0.2) is 49.9 Å². The Hall–Kier alpha value is -2.39. The monoisotopic (exact) mass is 415 g/mol. The molecule has 0 aromatic carbocycles. The summed E-state index contributed by atoms with van der Waals surface area (Å²) in [6.07, 6.45) is 6.16. The Labute approximate surface area is 170 Å². The number of thiophene rings is 1. The molecule has 1 aliphatic heterocycles. The van der Waals surface area contributed by atoms with E-state index in [-0.39, 0.29) is 11.6 Å². The first-order chi connectivity index (χ1) is 13.7. The van der Waals surface area contributed by atoms with Crippen LogP contribution in [0.25, 0.3) is 5.00 Å². The average Bonchev–Trinajstić information content (AvgIpc) is 3.37. The number of likely N-dealkylation sites (tertiary alicyclic amines) is 1. The van der Waals surface area contributed by atoms with Crippen molar-refractivity contribution in [1.29, 1.82) is 0 Å². The summed E-state index contributed by atoms with van der Waals surface area (Å²) in [6, 6.07) is 7.50. The second kappa shape index (κ2) is 8.32. The fourth-order valence-electron chi connectivity index (χ4n) is 3.58. The number of H-pyrrole nitrogens is 1. The molecule has 0 aliphatic carbocycles. The summed E-state index contributed by atoms with van der Waals surface area (Å²) in [5.41, 5.74) is 0.471. The Morgan fingerprint density at radius 2 is 2.14 bits per heavy atom. The molecular formula is C19H21N5O2S2. The van der Waals surface area contributed by atoms with Gasteiger partial charge < -0.3 is 4.90 Å². The van der Waals surface area contributed by atoms with Crippen molar-refractivity contribution in [3.63, 3.8) is 0 Å². The summed E-state index contributed by atoms with van der Waals surface area (Å²) >= 11 is 3.01. The zero-order valence-corrected chi connectivity index (χ0v) is 17.1. The first-order valence-electron chi connectivity index (χ1n) is 9.16. The summed E-state index contributed by atoms with van der Waals surface area (Å²) in [7, 11) is 0. The van der Waals surface area contributed by atoms with E-state index in [1.165, 1.54) is 23.1 Å². The topological polar surface area (TPSA) is 83.9 Å². The number of pyridine rings is 1. The van der Waals surface area contributed by atoms with Crippen molar-refractivity contribution in [2.75, 3.05) is 19.3 Å². The summed E-state index contributed by atoms with van der Waals surface area (Å²) < 4.78 is 1.66. The molecule has 28 heavy (non-hydrogen) atoms. The Kier molecular flexibility index (Phi) is 5.63. The summed E-state index contributed by atoms with van der Waals surface area (Å²) in [4.78, 5) is 31.2. The number of nitrogens with zero attached hydrogens (tertiary/aromatic N) is 4. The standard InChI is InChI=1S/C19H21N5O2S2/c1-27-17-14(4-2-8-20-17)18(25)23-9-6-13(7-10-23)12-15-21-22-19(26)24(15)16-5-3-11-28-16/h2-5,8,11,13H,6-7,9-10,12H2,1H3,(H,22,26). The van der Waals surface area contributed by atoms with Gasteiger partial charge in [-0.05, 0) is 54.7 Å². The highest BCUT2D eigenvalue weighted by Crippen LogP contribution is 2.25. The van der Waals surface area contributed by atoms with Gasteiger partial charge in [-0.15, -0.1) is 23.1 Å². The van der Waals surface area contributed by atoms with Gasteiger partial charge in [-0.1, -0.05) is 0 Å². The van der Waals surface area contributed by atoms with Crippen molar-refractivity contribution >= 4 is 29.0 Å². The van der Waals surface area contributed by atoms with Gasteiger partial charge in [0.05, 0.1) is 5.56 Å². The number of hydrogen-bond donors (Lipinski definition) is 1. The van der Waals surface area contributed by atoms with Crippen LogP contribution in [0.15, 0.2) is 45.7 Å². The first-order valence-corrected chi connectivity index (χ1v) is 11.3. The molecule has 7 nitrogen and oxygen atoms in total. The zero-order valence-electron chi connectivity index (χ0n) is 15.5. The SMILES string of the molecule is CSc1ncccc1C(=O)N1CCC(Cc2n[nH]c(=O)n2-c2cccs2)CC1. The smallest absolute Gasteiger partial charge is 0.339 e. The predicted octanol–water partition coefficient (Wildman–Crippen LogP) is 2.83. The molecule has 1 amide bonds. The van der Waals surface area contributed by atoms with Crippen molar-refractivity contribution < 1.29 is 4.79 Å². The van der Waals surface area contributed by atoms with E-state index in [4.69, 9.17) is 0 Å². The van der Waals surface area contributed by atoms with E-state index in [0.29, 0.717) is 24.6 Å². The molecule has 0 saturated carbocycles. The number of rotatable bonds is 5. The van der Waals surface area contributed by atoms with Crippen LogP contribution in [0.3, 0.4) is 0 Å². The van der Waals surface area contributed by atoms with Gasteiger partial charge in [0, 0.05) is 25.7 Å². The summed E-state index contributed by atoms with van der Waals surface area (Å²) in [5.74, 6) is 1.20. The molecule has 3 aromatic heterocycles. The largest absolute Gasteiger partial charge is 0.348 e.